The lowest BCUT2D eigenvalue weighted by molar-refractivity contribution is -0.143. The van der Waals surface area contributed by atoms with Crippen LogP contribution in [0.5, 0.6) is 0 Å². The number of aromatic amines is 1. The zero-order valence-electron chi connectivity index (χ0n) is 21.2. The van der Waals surface area contributed by atoms with Gasteiger partial charge in [-0.3, -0.25) is 14.4 Å². The van der Waals surface area contributed by atoms with Crippen LogP contribution in [0.25, 0.3) is 0 Å². The van der Waals surface area contributed by atoms with E-state index >= 15 is 0 Å². The van der Waals surface area contributed by atoms with Crippen molar-refractivity contribution in [1.82, 2.24) is 25.9 Å². The molecule has 0 saturated heterocycles. The lowest BCUT2D eigenvalue weighted by Crippen LogP contribution is -2.58. The second kappa shape index (κ2) is 15.4. The van der Waals surface area contributed by atoms with Gasteiger partial charge in [-0.2, -0.15) is 11.8 Å². The van der Waals surface area contributed by atoms with Crippen molar-refractivity contribution in [2.24, 2.45) is 17.6 Å². The predicted octanol–water partition coefficient (Wildman–Crippen LogP) is 0.664. The van der Waals surface area contributed by atoms with Crippen LogP contribution in [0.3, 0.4) is 0 Å². The molecular weight excluding hydrogens is 472 g/mol. The number of amides is 3. The number of nitrogens with zero attached hydrogens (tertiary/aromatic N) is 1. The second-order valence-electron chi connectivity index (χ2n) is 8.81. The van der Waals surface area contributed by atoms with E-state index in [9.17, 15) is 24.3 Å². The predicted molar refractivity (Wildman–Crippen MR) is 136 cm³/mol. The number of carbonyl (C=O) groups is 4. The molecule has 0 aliphatic rings. The number of nitrogens with one attached hydrogen (secondary N) is 4. The minimum atomic E-state index is -1.13. The molecule has 35 heavy (non-hydrogen) atoms. The summed E-state index contributed by atoms with van der Waals surface area (Å²) >= 11 is 1.50. The van der Waals surface area contributed by atoms with Crippen molar-refractivity contribution >= 4 is 35.5 Å². The smallest absolute Gasteiger partial charge is 0.326 e. The summed E-state index contributed by atoms with van der Waals surface area (Å²) < 4.78 is 0. The molecule has 0 aromatic carbocycles. The van der Waals surface area contributed by atoms with E-state index in [1.165, 1.54) is 18.1 Å². The summed E-state index contributed by atoms with van der Waals surface area (Å²) in [6.07, 6.45) is 6.55. The molecule has 1 heterocycles. The Balaban J connectivity index is 3.07. The van der Waals surface area contributed by atoms with E-state index in [0.29, 0.717) is 30.7 Å². The topological polar surface area (TPSA) is 179 Å². The molecule has 198 valence electrons. The number of hydrogen-bond donors (Lipinski definition) is 6. The fourth-order valence-corrected chi connectivity index (χ4v) is 3.79. The summed E-state index contributed by atoms with van der Waals surface area (Å²) in [5.74, 6) is -2.56. The zero-order valence-corrected chi connectivity index (χ0v) is 22.0. The Morgan fingerprint density at radius 3 is 2.14 bits per heavy atom. The molecule has 11 nitrogen and oxygen atoms in total. The summed E-state index contributed by atoms with van der Waals surface area (Å²) in [5.41, 5.74) is 6.67. The minimum absolute atomic E-state index is 0.0838. The zero-order chi connectivity index (χ0) is 26.5. The molecule has 6 unspecified atom stereocenters. The van der Waals surface area contributed by atoms with Crippen molar-refractivity contribution < 1.29 is 24.3 Å². The van der Waals surface area contributed by atoms with E-state index in [-0.39, 0.29) is 18.3 Å². The van der Waals surface area contributed by atoms with Crippen molar-refractivity contribution in [3.63, 3.8) is 0 Å². The maximum absolute atomic E-state index is 13.3. The third-order valence-corrected chi connectivity index (χ3v) is 6.84. The van der Waals surface area contributed by atoms with E-state index in [2.05, 4.69) is 25.9 Å². The molecule has 6 atom stereocenters. The number of carbonyl (C=O) groups excluding carboxylic acids is 3. The Bertz CT molecular complexity index is 821. The molecule has 1 rings (SSSR count). The molecule has 0 spiro atoms. The fourth-order valence-electron chi connectivity index (χ4n) is 3.32. The summed E-state index contributed by atoms with van der Waals surface area (Å²) in [6.45, 7) is 7.36. The molecule has 0 aliphatic heterocycles. The molecule has 0 bridgehead atoms. The first kappa shape index (κ1) is 30.4. The number of carboxylic acids is 1. The highest BCUT2D eigenvalue weighted by Gasteiger charge is 2.32. The molecule has 0 radical (unpaired) electrons. The van der Waals surface area contributed by atoms with Crippen molar-refractivity contribution in [1.29, 1.82) is 0 Å². The number of imidazole rings is 1. The van der Waals surface area contributed by atoms with Crippen LogP contribution in [-0.2, 0) is 25.6 Å². The van der Waals surface area contributed by atoms with E-state index < -0.39 is 47.9 Å². The van der Waals surface area contributed by atoms with Crippen molar-refractivity contribution in [2.75, 3.05) is 12.0 Å². The van der Waals surface area contributed by atoms with E-state index in [1.54, 1.807) is 13.1 Å². The lowest BCUT2D eigenvalue weighted by Gasteiger charge is -2.27. The fraction of sp³-hybridized carbons (Fsp3) is 0.696. The van der Waals surface area contributed by atoms with Crippen LogP contribution in [-0.4, -0.2) is 74.9 Å². The number of H-pyrrole nitrogens is 1. The highest BCUT2D eigenvalue weighted by atomic mass is 32.2. The monoisotopic (exact) mass is 512 g/mol. The Morgan fingerprint density at radius 1 is 1.03 bits per heavy atom. The number of nitrogens with two attached hydrogens (primary N) is 1. The van der Waals surface area contributed by atoms with Crippen LogP contribution in [0.15, 0.2) is 12.5 Å². The van der Waals surface area contributed by atoms with Crippen LogP contribution in [0.1, 0.15) is 52.7 Å². The molecule has 0 fully saturated rings. The van der Waals surface area contributed by atoms with Gasteiger partial charge >= 0.3 is 5.97 Å². The highest BCUT2D eigenvalue weighted by molar-refractivity contribution is 7.98. The normalized spacial score (nSPS) is 16.3. The van der Waals surface area contributed by atoms with E-state index in [0.717, 1.165) is 0 Å². The molecule has 0 saturated carbocycles. The first-order chi connectivity index (χ1) is 16.5. The van der Waals surface area contributed by atoms with Gasteiger partial charge in [0.25, 0.3) is 0 Å². The van der Waals surface area contributed by atoms with Gasteiger partial charge in [-0.15, -0.1) is 0 Å². The van der Waals surface area contributed by atoms with Crippen molar-refractivity contribution in [3.05, 3.63) is 18.2 Å². The summed E-state index contributed by atoms with van der Waals surface area (Å²) in [6, 6.07) is -3.84. The van der Waals surface area contributed by atoms with E-state index in [4.69, 9.17) is 5.73 Å². The van der Waals surface area contributed by atoms with Gasteiger partial charge < -0.3 is 31.8 Å². The van der Waals surface area contributed by atoms with Crippen LogP contribution < -0.4 is 21.7 Å². The summed E-state index contributed by atoms with van der Waals surface area (Å²) in [4.78, 5) is 57.5. The average molecular weight is 513 g/mol. The number of aromatic nitrogens is 2. The van der Waals surface area contributed by atoms with Gasteiger partial charge in [0.2, 0.25) is 17.7 Å². The van der Waals surface area contributed by atoms with Gasteiger partial charge in [0.1, 0.15) is 18.1 Å². The minimum Gasteiger partial charge on any atom is -0.480 e. The number of aliphatic carboxylic acids is 1. The third kappa shape index (κ3) is 9.88. The number of hydrogen-bond acceptors (Lipinski definition) is 7. The number of carboxylic acid groups (broad SMARTS) is 1. The molecule has 7 N–H and O–H groups in total. The number of rotatable bonds is 16. The van der Waals surface area contributed by atoms with Crippen LogP contribution in [0.4, 0.5) is 0 Å². The average Bonchev–Trinajstić information content (AvgIpc) is 3.35. The van der Waals surface area contributed by atoms with Crippen LogP contribution in [0.2, 0.25) is 0 Å². The van der Waals surface area contributed by atoms with Gasteiger partial charge in [-0.25, -0.2) is 9.78 Å². The maximum Gasteiger partial charge on any atom is 0.326 e. The second-order valence-corrected chi connectivity index (χ2v) is 9.79. The van der Waals surface area contributed by atoms with Gasteiger partial charge in [0.05, 0.1) is 12.4 Å². The SMILES string of the molecule is CCC(C)C(N)C(=O)NC(Cc1cnc[nH]1)C(=O)NC(CCSC)C(=O)NC(C(=O)O)C(C)CC. The van der Waals surface area contributed by atoms with Crippen LogP contribution in [0, 0.1) is 11.8 Å². The summed E-state index contributed by atoms with van der Waals surface area (Å²) in [5, 5.41) is 17.5. The summed E-state index contributed by atoms with van der Waals surface area (Å²) in [7, 11) is 0. The molecule has 3 amide bonds. The Morgan fingerprint density at radius 2 is 1.63 bits per heavy atom. The van der Waals surface area contributed by atoms with Crippen molar-refractivity contribution in [3.8, 4) is 0 Å². The first-order valence-electron chi connectivity index (χ1n) is 11.9. The largest absolute Gasteiger partial charge is 0.480 e. The van der Waals surface area contributed by atoms with Crippen molar-refractivity contribution in [2.45, 2.75) is 77.5 Å². The lowest BCUT2D eigenvalue weighted by atomic mass is 9.98. The van der Waals surface area contributed by atoms with Gasteiger partial charge in [0.15, 0.2) is 0 Å². The highest BCUT2D eigenvalue weighted by Crippen LogP contribution is 2.11. The molecule has 0 aliphatic carbocycles. The molecule has 1 aromatic rings. The third-order valence-electron chi connectivity index (χ3n) is 6.19. The number of thioether (sulfide) groups is 1. The van der Waals surface area contributed by atoms with Gasteiger partial charge in [-0.1, -0.05) is 40.5 Å². The Labute approximate surface area is 211 Å². The van der Waals surface area contributed by atoms with E-state index in [1.807, 2.05) is 27.0 Å². The maximum atomic E-state index is 13.3. The Kier molecular flexibility index (Phi) is 13.4. The quantitative estimate of drug-likeness (QED) is 0.187. The Hall–Kier alpha value is -2.60. The van der Waals surface area contributed by atoms with Gasteiger partial charge in [-0.05, 0) is 30.3 Å². The molecular formula is C23H40N6O5S. The van der Waals surface area contributed by atoms with Crippen LogP contribution >= 0.6 is 11.8 Å². The van der Waals surface area contributed by atoms with Gasteiger partial charge in [0, 0.05) is 18.3 Å². The standard InChI is InChI=1S/C23H40N6O5S/c1-6-13(3)18(24)22(32)28-17(10-15-11-25-12-26-15)21(31)27-16(8-9-35-5)20(30)29-19(23(33)34)14(4)7-2/h11-14,16-19H,6-10,24H2,1-5H3,(H,25,26)(H,27,31)(H,28,32)(H,29,30)(H,33,34). The first-order valence-corrected chi connectivity index (χ1v) is 13.3. The molecule has 1 aromatic heterocycles. The molecule has 12 heteroatoms.